The van der Waals surface area contributed by atoms with E-state index in [1.165, 1.54) is 12.1 Å². The molecule has 0 spiro atoms. The summed E-state index contributed by atoms with van der Waals surface area (Å²) in [6.07, 6.45) is 2.29. The number of amides is 1. The first-order chi connectivity index (χ1) is 14.6. The molecule has 2 aromatic heterocycles. The van der Waals surface area contributed by atoms with Crippen LogP contribution >= 0.6 is 0 Å². The number of pyridine rings is 2. The number of carbonyl (C=O) groups excluding carboxylic acids is 1. The van der Waals surface area contributed by atoms with Crippen LogP contribution < -0.4 is 15.9 Å². The van der Waals surface area contributed by atoms with E-state index in [1.54, 1.807) is 24.4 Å². The van der Waals surface area contributed by atoms with Gasteiger partial charge in [0.05, 0.1) is 11.3 Å². The summed E-state index contributed by atoms with van der Waals surface area (Å²) in [7, 11) is 5.39. The molecule has 0 saturated carbocycles. The molecule has 30 heavy (non-hydrogen) atoms. The normalized spacial score (nSPS) is 10.6. The van der Waals surface area contributed by atoms with Crippen LogP contribution in [0.25, 0.3) is 0 Å². The molecule has 0 unspecified atom stereocenters. The molecule has 0 aliphatic carbocycles. The van der Waals surface area contributed by atoms with Crippen LogP contribution in [0.2, 0.25) is 0 Å². The van der Waals surface area contributed by atoms with Gasteiger partial charge in [0.1, 0.15) is 11.6 Å². The van der Waals surface area contributed by atoms with Gasteiger partial charge in [0.15, 0.2) is 7.98 Å². The molecule has 3 rings (SSSR count). The highest BCUT2D eigenvalue weighted by Gasteiger charge is 2.14. The summed E-state index contributed by atoms with van der Waals surface area (Å²) in [6, 6.07) is 13.7. The average molecular weight is 403 g/mol. The predicted molar refractivity (Wildman–Crippen MR) is 116 cm³/mol. The quantitative estimate of drug-likeness (QED) is 0.479. The fourth-order valence-corrected chi connectivity index (χ4v) is 3.05. The molecule has 0 aliphatic rings. The minimum Gasteiger partial charge on any atom is -0.369 e. The summed E-state index contributed by atoms with van der Waals surface area (Å²) in [5.74, 6) is -0.00828. The number of nitrogens with zero attached hydrogens (tertiary/aromatic N) is 2. The Morgan fingerprint density at radius 1 is 1.13 bits per heavy atom. The van der Waals surface area contributed by atoms with E-state index in [0.717, 1.165) is 22.5 Å². The Morgan fingerprint density at radius 2 is 2.00 bits per heavy atom. The molecule has 0 fully saturated rings. The third-order valence-corrected chi connectivity index (χ3v) is 4.57. The topological polar surface area (TPSA) is 78.9 Å². The smallest absolute Gasteiger partial charge is 0.255 e. The standard InChI is InChI=1S/C22H23BFN5O/c1-15-7-8-19(21(29-15)26-11-9-16-4-2-6-18(24)12-16)22(30)27-13-17-5-3-10-25-20(17)14-28-23/h2-8,10,12,28H,9,11,13-14H2,1H3,(H,26,29)(H,27,30). The lowest BCUT2D eigenvalue weighted by atomic mass is 10.1. The van der Waals surface area contributed by atoms with E-state index in [-0.39, 0.29) is 11.7 Å². The van der Waals surface area contributed by atoms with Crippen LogP contribution in [0.15, 0.2) is 54.7 Å². The van der Waals surface area contributed by atoms with Crippen LogP contribution in [0.1, 0.15) is 32.9 Å². The van der Waals surface area contributed by atoms with Crippen molar-refractivity contribution in [2.75, 3.05) is 11.9 Å². The summed E-state index contributed by atoms with van der Waals surface area (Å²) < 4.78 is 13.3. The van der Waals surface area contributed by atoms with Crippen LogP contribution in [0.3, 0.4) is 0 Å². The second kappa shape index (κ2) is 10.5. The van der Waals surface area contributed by atoms with Gasteiger partial charge in [-0.05, 0) is 54.8 Å². The van der Waals surface area contributed by atoms with E-state index < -0.39 is 0 Å². The first-order valence-corrected chi connectivity index (χ1v) is 9.67. The number of hydrogen-bond acceptors (Lipinski definition) is 5. The highest BCUT2D eigenvalue weighted by atomic mass is 19.1. The third kappa shape index (κ3) is 5.87. The largest absolute Gasteiger partial charge is 0.369 e. The summed E-state index contributed by atoms with van der Waals surface area (Å²) >= 11 is 0. The van der Waals surface area contributed by atoms with Gasteiger partial charge in [-0.1, -0.05) is 18.2 Å². The van der Waals surface area contributed by atoms with Gasteiger partial charge in [-0.15, -0.1) is 0 Å². The number of rotatable bonds is 9. The molecule has 0 aliphatic heterocycles. The number of benzene rings is 1. The molecule has 3 N–H and O–H groups in total. The van der Waals surface area contributed by atoms with E-state index in [9.17, 15) is 9.18 Å². The number of hydrogen-bond donors (Lipinski definition) is 3. The second-order valence-electron chi connectivity index (χ2n) is 6.83. The van der Waals surface area contributed by atoms with Crippen LogP contribution in [-0.2, 0) is 19.5 Å². The van der Waals surface area contributed by atoms with Gasteiger partial charge in [0.2, 0.25) is 0 Å². The lowest BCUT2D eigenvalue weighted by Crippen LogP contribution is -2.26. The van der Waals surface area contributed by atoms with Gasteiger partial charge in [-0.3, -0.25) is 9.78 Å². The molecular formula is C22H23BFN5O. The minimum atomic E-state index is -0.263. The lowest BCUT2D eigenvalue weighted by molar-refractivity contribution is 0.0951. The highest BCUT2D eigenvalue weighted by Crippen LogP contribution is 2.15. The zero-order chi connectivity index (χ0) is 21.3. The van der Waals surface area contributed by atoms with Crippen LogP contribution in [0, 0.1) is 12.7 Å². The van der Waals surface area contributed by atoms with Gasteiger partial charge in [-0.25, -0.2) is 9.37 Å². The third-order valence-electron chi connectivity index (χ3n) is 4.57. The summed E-state index contributed by atoms with van der Waals surface area (Å²) in [5.41, 5.74) is 3.77. The summed E-state index contributed by atoms with van der Waals surface area (Å²) in [6.45, 7) is 3.11. The van der Waals surface area contributed by atoms with Crippen molar-refractivity contribution in [3.8, 4) is 0 Å². The number of aryl methyl sites for hydroxylation is 1. The van der Waals surface area contributed by atoms with Crippen molar-refractivity contribution >= 4 is 19.7 Å². The number of anilines is 1. The fraction of sp³-hybridized carbons (Fsp3) is 0.227. The van der Waals surface area contributed by atoms with Crippen LogP contribution in [-0.4, -0.2) is 30.4 Å². The van der Waals surface area contributed by atoms with Crippen molar-refractivity contribution in [3.63, 3.8) is 0 Å². The monoisotopic (exact) mass is 403 g/mol. The van der Waals surface area contributed by atoms with Gasteiger partial charge in [-0.2, -0.15) is 0 Å². The maximum Gasteiger partial charge on any atom is 0.255 e. The Morgan fingerprint density at radius 3 is 2.80 bits per heavy atom. The van der Waals surface area contributed by atoms with E-state index in [4.69, 9.17) is 7.98 Å². The molecule has 0 atom stereocenters. The van der Waals surface area contributed by atoms with Crippen molar-refractivity contribution in [2.45, 2.75) is 26.4 Å². The first-order valence-electron chi connectivity index (χ1n) is 9.67. The van der Waals surface area contributed by atoms with Crippen LogP contribution in [0.5, 0.6) is 0 Å². The van der Waals surface area contributed by atoms with Gasteiger partial charge >= 0.3 is 0 Å². The number of aromatic nitrogens is 2. The van der Waals surface area contributed by atoms with E-state index in [1.807, 2.05) is 25.1 Å². The van der Waals surface area contributed by atoms with E-state index in [0.29, 0.717) is 37.4 Å². The highest BCUT2D eigenvalue weighted by molar-refractivity contribution is 6.04. The van der Waals surface area contributed by atoms with E-state index >= 15 is 0 Å². The van der Waals surface area contributed by atoms with Crippen molar-refractivity contribution in [1.82, 2.24) is 20.5 Å². The Kier molecular flexibility index (Phi) is 7.51. The molecule has 6 nitrogen and oxygen atoms in total. The summed E-state index contributed by atoms with van der Waals surface area (Å²) in [4.78, 5) is 21.5. The Bertz CT molecular complexity index is 1010. The van der Waals surface area contributed by atoms with Gasteiger partial charge in [0, 0.05) is 31.5 Å². The molecular weight excluding hydrogens is 380 g/mol. The van der Waals surface area contributed by atoms with Crippen LogP contribution in [0.4, 0.5) is 10.2 Å². The molecule has 2 heterocycles. The van der Waals surface area contributed by atoms with Gasteiger partial charge < -0.3 is 15.9 Å². The zero-order valence-corrected chi connectivity index (χ0v) is 16.8. The van der Waals surface area contributed by atoms with Crippen molar-refractivity contribution in [1.29, 1.82) is 0 Å². The average Bonchev–Trinajstić information content (AvgIpc) is 2.73. The first kappa shape index (κ1) is 21.5. The molecule has 3 aromatic rings. The molecule has 1 aromatic carbocycles. The van der Waals surface area contributed by atoms with Crippen molar-refractivity contribution in [2.24, 2.45) is 0 Å². The minimum absolute atomic E-state index is 0.244. The maximum atomic E-state index is 13.3. The molecule has 1 amide bonds. The molecule has 2 radical (unpaired) electrons. The lowest BCUT2D eigenvalue weighted by Gasteiger charge is -2.13. The number of carbonyl (C=O) groups is 1. The Labute approximate surface area is 176 Å². The molecule has 8 heteroatoms. The van der Waals surface area contributed by atoms with Gasteiger partial charge in [0.25, 0.3) is 5.91 Å². The Balaban J connectivity index is 1.66. The van der Waals surface area contributed by atoms with Crippen molar-refractivity contribution in [3.05, 3.63) is 88.6 Å². The molecule has 152 valence electrons. The number of nitrogens with one attached hydrogen (secondary N) is 3. The predicted octanol–water partition coefficient (Wildman–Crippen LogP) is 2.68. The second-order valence-corrected chi connectivity index (χ2v) is 6.83. The van der Waals surface area contributed by atoms with E-state index in [2.05, 4.69) is 25.8 Å². The SMILES string of the molecule is [B]NCc1ncccc1CNC(=O)c1ccc(C)nc1NCCc1cccc(F)c1. The molecule has 0 bridgehead atoms. The summed E-state index contributed by atoms with van der Waals surface area (Å²) in [5, 5.41) is 8.69. The maximum absolute atomic E-state index is 13.3. The number of halogens is 1. The van der Waals surface area contributed by atoms with Crippen molar-refractivity contribution < 1.29 is 9.18 Å². The zero-order valence-electron chi connectivity index (χ0n) is 16.8. The fourth-order valence-electron chi connectivity index (χ4n) is 3.05. The Hall–Kier alpha value is -3.26. The molecule has 0 saturated heterocycles.